The number of hydrogen-bond donors (Lipinski definition) is 3. The highest BCUT2D eigenvalue weighted by atomic mass is 16.3. The molecule has 0 radical (unpaired) electrons. The molecule has 0 saturated heterocycles. The zero-order valence-corrected chi connectivity index (χ0v) is 11.7. The lowest BCUT2D eigenvalue weighted by atomic mass is 10.1. The molecular formula is C16H15N3O3. The molecular weight excluding hydrogens is 282 g/mol. The number of aliphatic hydroxyl groups is 1. The minimum Gasteiger partial charge on any atom is -0.463 e. The molecule has 2 aromatic heterocycles. The molecule has 0 fully saturated rings. The monoisotopic (exact) mass is 297 g/mol. The van der Waals surface area contributed by atoms with Crippen LogP contribution in [-0.4, -0.2) is 21.2 Å². The maximum atomic E-state index is 12.1. The van der Waals surface area contributed by atoms with Crippen molar-refractivity contribution in [2.24, 2.45) is 0 Å². The third-order valence-corrected chi connectivity index (χ3v) is 3.33. The van der Waals surface area contributed by atoms with Gasteiger partial charge in [0, 0.05) is 12.6 Å². The second-order valence-corrected chi connectivity index (χ2v) is 4.75. The molecule has 112 valence electrons. The van der Waals surface area contributed by atoms with E-state index in [1.165, 1.54) is 0 Å². The fourth-order valence-electron chi connectivity index (χ4n) is 2.15. The summed E-state index contributed by atoms with van der Waals surface area (Å²) in [6.45, 7) is 0.273. The Labute approximate surface area is 126 Å². The van der Waals surface area contributed by atoms with Crippen molar-refractivity contribution in [2.75, 3.05) is 0 Å². The molecule has 1 amide bonds. The molecule has 0 bridgehead atoms. The van der Waals surface area contributed by atoms with E-state index in [1.807, 2.05) is 24.3 Å². The molecule has 6 heteroatoms. The first-order chi connectivity index (χ1) is 10.8. The zero-order chi connectivity index (χ0) is 15.4. The Bertz CT molecular complexity index is 763. The summed E-state index contributed by atoms with van der Waals surface area (Å²) >= 11 is 0. The number of amides is 1. The first-order valence-corrected chi connectivity index (χ1v) is 6.83. The number of rotatable bonds is 5. The molecule has 3 rings (SSSR count). The molecule has 3 N–H and O–H groups in total. The van der Waals surface area contributed by atoms with Crippen LogP contribution in [0.1, 0.15) is 21.6 Å². The van der Waals surface area contributed by atoms with E-state index in [-0.39, 0.29) is 18.2 Å². The Hall–Kier alpha value is -2.86. The van der Waals surface area contributed by atoms with E-state index in [0.717, 1.165) is 11.1 Å². The van der Waals surface area contributed by atoms with Crippen molar-refractivity contribution in [3.05, 3.63) is 65.5 Å². The molecule has 6 nitrogen and oxygen atoms in total. The molecule has 0 saturated carbocycles. The van der Waals surface area contributed by atoms with E-state index in [1.54, 1.807) is 24.5 Å². The molecule has 0 aliphatic rings. The first-order valence-electron chi connectivity index (χ1n) is 6.83. The molecule has 0 aliphatic heterocycles. The molecule has 0 aliphatic carbocycles. The third-order valence-electron chi connectivity index (χ3n) is 3.33. The van der Waals surface area contributed by atoms with Gasteiger partial charge in [-0.25, -0.2) is 0 Å². The average Bonchev–Trinajstić information content (AvgIpc) is 3.23. The van der Waals surface area contributed by atoms with Gasteiger partial charge in [-0.2, -0.15) is 5.10 Å². The second-order valence-electron chi connectivity index (χ2n) is 4.75. The maximum absolute atomic E-state index is 12.1. The fraction of sp³-hybridized carbons (Fsp3) is 0.125. The maximum Gasteiger partial charge on any atom is 0.272 e. The summed E-state index contributed by atoms with van der Waals surface area (Å²) in [5.74, 6) is 0.332. The van der Waals surface area contributed by atoms with Crippen molar-refractivity contribution in [1.82, 2.24) is 15.5 Å². The lowest BCUT2D eigenvalue weighted by Gasteiger charge is -2.07. The molecule has 3 aromatic rings. The third kappa shape index (κ3) is 2.91. The van der Waals surface area contributed by atoms with Gasteiger partial charge in [0.2, 0.25) is 0 Å². The number of carbonyl (C=O) groups is 1. The van der Waals surface area contributed by atoms with Crippen LogP contribution in [0.15, 0.2) is 53.1 Å². The van der Waals surface area contributed by atoms with Gasteiger partial charge < -0.3 is 14.8 Å². The van der Waals surface area contributed by atoms with Gasteiger partial charge in [-0.15, -0.1) is 0 Å². The summed E-state index contributed by atoms with van der Waals surface area (Å²) in [5.41, 5.74) is 2.60. The normalized spacial score (nSPS) is 10.6. The van der Waals surface area contributed by atoms with Crippen LogP contribution in [0.25, 0.3) is 11.5 Å². The number of aromatic amines is 1. The number of furan rings is 1. The van der Waals surface area contributed by atoms with Crippen molar-refractivity contribution < 1.29 is 14.3 Å². The van der Waals surface area contributed by atoms with Crippen molar-refractivity contribution in [3.8, 4) is 11.5 Å². The highest BCUT2D eigenvalue weighted by molar-refractivity contribution is 5.93. The summed E-state index contributed by atoms with van der Waals surface area (Å²) in [6.07, 6.45) is 1.56. The standard InChI is InChI=1S/C16H15N3O3/c20-10-12-5-2-1-4-11(12)9-17-16(21)14-8-13(18-19-14)15-6-3-7-22-15/h1-8,20H,9-10H2,(H,17,21)(H,18,19). The van der Waals surface area contributed by atoms with Gasteiger partial charge in [-0.05, 0) is 23.3 Å². The summed E-state index contributed by atoms with van der Waals surface area (Å²) < 4.78 is 5.24. The zero-order valence-electron chi connectivity index (χ0n) is 11.7. The van der Waals surface area contributed by atoms with Crippen LogP contribution < -0.4 is 5.32 Å². The lowest BCUT2D eigenvalue weighted by Crippen LogP contribution is -2.23. The van der Waals surface area contributed by atoms with Gasteiger partial charge in [0.15, 0.2) is 11.5 Å². The van der Waals surface area contributed by atoms with E-state index >= 15 is 0 Å². The van der Waals surface area contributed by atoms with Gasteiger partial charge in [0.1, 0.15) is 5.69 Å². The SMILES string of the molecule is O=C(NCc1ccccc1CO)c1cc(-c2ccco2)[nH]n1. The van der Waals surface area contributed by atoms with E-state index in [0.29, 0.717) is 18.0 Å². The minimum atomic E-state index is -0.290. The topological polar surface area (TPSA) is 91.1 Å². The van der Waals surface area contributed by atoms with Crippen LogP contribution in [-0.2, 0) is 13.2 Å². The number of benzene rings is 1. The minimum absolute atomic E-state index is 0.0584. The highest BCUT2D eigenvalue weighted by Gasteiger charge is 2.13. The number of hydrogen-bond acceptors (Lipinski definition) is 4. The number of aromatic nitrogens is 2. The Balaban J connectivity index is 1.67. The van der Waals surface area contributed by atoms with E-state index in [4.69, 9.17) is 4.42 Å². The Kier molecular flexibility index (Phi) is 4.02. The molecule has 0 spiro atoms. The van der Waals surface area contributed by atoms with E-state index in [9.17, 15) is 9.90 Å². The Morgan fingerprint density at radius 2 is 2.05 bits per heavy atom. The van der Waals surface area contributed by atoms with Gasteiger partial charge >= 0.3 is 0 Å². The average molecular weight is 297 g/mol. The van der Waals surface area contributed by atoms with Gasteiger partial charge in [-0.3, -0.25) is 9.89 Å². The molecule has 0 unspecified atom stereocenters. The second kappa shape index (κ2) is 6.28. The fourth-order valence-corrected chi connectivity index (χ4v) is 2.15. The van der Waals surface area contributed by atoms with Crippen LogP contribution >= 0.6 is 0 Å². The van der Waals surface area contributed by atoms with Crippen molar-refractivity contribution in [2.45, 2.75) is 13.2 Å². The Morgan fingerprint density at radius 3 is 2.77 bits per heavy atom. The summed E-state index contributed by atoms with van der Waals surface area (Å²) in [5, 5.41) is 18.8. The van der Waals surface area contributed by atoms with Crippen LogP contribution in [0.3, 0.4) is 0 Å². The lowest BCUT2D eigenvalue weighted by molar-refractivity contribution is 0.0945. The smallest absolute Gasteiger partial charge is 0.272 e. The largest absolute Gasteiger partial charge is 0.463 e. The van der Waals surface area contributed by atoms with Crippen molar-refractivity contribution in [1.29, 1.82) is 0 Å². The van der Waals surface area contributed by atoms with Crippen LogP contribution in [0.4, 0.5) is 0 Å². The first kappa shape index (κ1) is 14.1. The Morgan fingerprint density at radius 1 is 1.23 bits per heavy atom. The number of nitrogens with one attached hydrogen (secondary N) is 2. The van der Waals surface area contributed by atoms with Gasteiger partial charge in [-0.1, -0.05) is 24.3 Å². The summed E-state index contributed by atoms with van der Waals surface area (Å²) in [6, 6.07) is 12.6. The number of aliphatic hydroxyl groups excluding tert-OH is 1. The molecule has 2 heterocycles. The number of carbonyl (C=O) groups excluding carboxylic acids is 1. The summed E-state index contributed by atoms with van der Waals surface area (Å²) in [4.78, 5) is 12.1. The van der Waals surface area contributed by atoms with Crippen LogP contribution in [0.5, 0.6) is 0 Å². The van der Waals surface area contributed by atoms with Crippen LogP contribution in [0, 0.1) is 0 Å². The predicted molar refractivity (Wildman–Crippen MR) is 79.8 cm³/mol. The summed E-state index contributed by atoms with van der Waals surface area (Å²) in [7, 11) is 0. The molecule has 22 heavy (non-hydrogen) atoms. The van der Waals surface area contributed by atoms with Gasteiger partial charge in [0.05, 0.1) is 12.9 Å². The highest BCUT2D eigenvalue weighted by Crippen LogP contribution is 2.17. The van der Waals surface area contributed by atoms with Gasteiger partial charge in [0.25, 0.3) is 5.91 Å². The molecule has 0 atom stereocenters. The number of nitrogens with zero attached hydrogens (tertiary/aromatic N) is 1. The van der Waals surface area contributed by atoms with Crippen molar-refractivity contribution in [3.63, 3.8) is 0 Å². The van der Waals surface area contributed by atoms with E-state index in [2.05, 4.69) is 15.5 Å². The number of H-pyrrole nitrogens is 1. The van der Waals surface area contributed by atoms with Crippen LogP contribution in [0.2, 0.25) is 0 Å². The van der Waals surface area contributed by atoms with E-state index < -0.39 is 0 Å². The predicted octanol–water partition coefficient (Wildman–Crippen LogP) is 2.09. The molecule has 1 aromatic carbocycles. The van der Waals surface area contributed by atoms with Crippen molar-refractivity contribution >= 4 is 5.91 Å². The quantitative estimate of drug-likeness (QED) is 0.672.